The summed E-state index contributed by atoms with van der Waals surface area (Å²) in [5.74, 6) is 0.243. The lowest BCUT2D eigenvalue weighted by Gasteiger charge is -2.26. The average Bonchev–Trinajstić information content (AvgIpc) is 2.74. The number of morpholine rings is 1. The van der Waals surface area contributed by atoms with Gasteiger partial charge in [0.1, 0.15) is 17.1 Å². The Morgan fingerprint density at radius 1 is 1.10 bits per heavy atom. The van der Waals surface area contributed by atoms with Crippen molar-refractivity contribution in [1.82, 2.24) is 4.31 Å². The summed E-state index contributed by atoms with van der Waals surface area (Å²) in [5, 5.41) is 0. The molecule has 3 rings (SSSR count). The maximum absolute atomic E-state index is 12.9. The highest BCUT2D eigenvalue weighted by molar-refractivity contribution is 7.89. The highest BCUT2D eigenvalue weighted by atomic mass is 32.2. The molecular weight excluding hydrogens is 394 g/mol. The Morgan fingerprint density at radius 2 is 1.83 bits per heavy atom. The number of hydrogen-bond acceptors (Lipinski definition) is 6. The first-order chi connectivity index (χ1) is 13.8. The van der Waals surface area contributed by atoms with Crippen molar-refractivity contribution >= 4 is 16.0 Å². The normalized spacial score (nSPS) is 15.3. The minimum absolute atomic E-state index is 0.0167. The highest BCUT2D eigenvalue weighted by Crippen LogP contribution is 2.27. The molecule has 1 aliphatic heterocycles. The molecule has 7 nitrogen and oxygen atoms in total. The third kappa shape index (κ3) is 4.77. The van der Waals surface area contributed by atoms with Crippen LogP contribution in [0, 0.1) is 0 Å². The minimum Gasteiger partial charge on any atom is -0.496 e. The zero-order chi connectivity index (χ0) is 21.0. The van der Waals surface area contributed by atoms with Crippen LogP contribution in [-0.4, -0.2) is 52.1 Å². The van der Waals surface area contributed by atoms with Gasteiger partial charge in [-0.2, -0.15) is 4.31 Å². The second-order valence-corrected chi connectivity index (χ2v) is 8.93. The van der Waals surface area contributed by atoms with Gasteiger partial charge in [0.15, 0.2) is 0 Å². The molecule has 0 radical (unpaired) electrons. The van der Waals surface area contributed by atoms with Crippen molar-refractivity contribution < 1.29 is 27.4 Å². The Balaban J connectivity index is 1.90. The van der Waals surface area contributed by atoms with Gasteiger partial charge in [0.25, 0.3) is 0 Å². The van der Waals surface area contributed by atoms with Gasteiger partial charge in [-0.1, -0.05) is 26.0 Å². The Kier molecular flexibility index (Phi) is 6.56. The van der Waals surface area contributed by atoms with Crippen LogP contribution in [0.4, 0.5) is 0 Å². The van der Waals surface area contributed by atoms with Gasteiger partial charge >= 0.3 is 5.97 Å². The van der Waals surface area contributed by atoms with Crippen LogP contribution in [0.2, 0.25) is 0 Å². The van der Waals surface area contributed by atoms with E-state index in [1.165, 1.54) is 29.6 Å². The molecular formula is C21H25NO6S. The quantitative estimate of drug-likeness (QED) is 0.529. The number of nitrogens with zero attached hydrogens (tertiary/aromatic N) is 1. The third-order valence-corrected chi connectivity index (χ3v) is 6.63. The van der Waals surface area contributed by atoms with Gasteiger partial charge in [-0.25, -0.2) is 13.2 Å². The molecule has 0 saturated carbocycles. The Morgan fingerprint density at radius 3 is 2.48 bits per heavy atom. The molecule has 0 aromatic heterocycles. The van der Waals surface area contributed by atoms with Gasteiger partial charge in [0, 0.05) is 13.1 Å². The van der Waals surface area contributed by atoms with E-state index >= 15 is 0 Å². The number of methoxy groups -OCH3 is 1. The number of carbonyl (C=O) groups is 1. The van der Waals surface area contributed by atoms with Crippen LogP contribution >= 0.6 is 0 Å². The van der Waals surface area contributed by atoms with Crippen LogP contribution in [0.3, 0.4) is 0 Å². The van der Waals surface area contributed by atoms with Crippen LogP contribution < -0.4 is 9.47 Å². The van der Waals surface area contributed by atoms with E-state index in [2.05, 4.69) is 0 Å². The first-order valence-corrected chi connectivity index (χ1v) is 10.8. The summed E-state index contributed by atoms with van der Waals surface area (Å²) in [7, 11) is -2.33. The summed E-state index contributed by atoms with van der Waals surface area (Å²) in [6.07, 6.45) is 0. The smallest absolute Gasteiger partial charge is 0.347 e. The minimum atomic E-state index is -3.74. The Bertz CT molecular complexity index is 980. The number of sulfonamides is 1. The topological polar surface area (TPSA) is 82.1 Å². The van der Waals surface area contributed by atoms with E-state index in [4.69, 9.17) is 14.2 Å². The summed E-state index contributed by atoms with van der Waals surface area (Å²) in [4.78, 5) is 12.8. The zero-order valence-electron chi connectivity index (χ0n) is 16.8. The molecule has 0 N–H and O–H groups in total. The molecule has 156 valence electrons. The molecule has 2 aromatic rings. The fourth-order valence-electron chi connectivity index (χ4n) is 3.04. The second kappa shape index (κ2) is 8.94. The third-order valence-electron chi connectivity index (χ3n) is 4.73. The number of esters is 1. The maximum Gasteiger partial charge on any atom is 0.347 e. The fourth-order valence-corrected chi connectivity index (χ4v) is 4.48. The van der Waals surface area contributed by atoms with E-state index < -0.39 is 16.0 Å². The molecule has 0 aliphatic carbocycles. The van der Waals surface area contributed by atoms with Gasteiger partial charge < -0.3 is 14.2 Å². The zero-order valence-corrected chi connectivity index (χ0v) is 17.6. The molecule has 1 heterocycles. The predicted molar refractivity (Wildman–Crippen MR) is 108 cm³/mol. The molecule has 29 heavy (non-hydrogen) atoms. The Labute approximate surface area is 171 Å². The molecule has 0 spiro atoms. The summed E-state index contributed by atoms with van der Waals surface area (Å²) in [6.45, 7) is 5.33. The van der Waals surface area contributed by atoms with Crippen molar-refractivity contribution in [2.45, 2.75) is 24.7 Å². The molecule has 0 atom stereocenters. The van der Waals surface area contributed by atoms with Gasteiger partial charge in [0.05, 0.1) is 25.2 Å². The number of ether oxygens (including phenoxy) is 3. The monoisotopic (exact) mass is 419 g/mol. The molecule has 0 bridgehead atoms. The number of carbonyl (C=O) groups excluding carboxylic acids is 1. The van der Waals surface area contributed by atoms with Crippen LogP contribution in [0.5, 0.6) is 11.5 Å². The summed E-state index contributed by atoms with van der Waals surface area (Å²) in [5.41, 5.74) is 1.09. The molecule has 0 unspecified atom stereocenters. The van der Waals surface area contributed by atoms with E-state index in [9.17, 15) is 13.2 Å². The molecule has 1 aliphatic rings. The summed E-state index contributed by atoms with van der Waals surface area (Å²) in [6, 6.07) is 11.5. The molecule has 1 saturated heterocycles. The van der Waals surface area contributed by atoms with Crippen LogP contribution in [-0.2, 0) is 14.8 Å². The lowest BCUT2D eigenvalue weighted by Crippen LogP contribution is -2.40. The molecule has 2 aromatic carbocycles. The van der Waals surface area contributed by atoms with E-state index in [0.717, 1.165) is 5.56 Å². The van der Waals surface area contributed by atoms with E-state index in [0.29, 0.717) is 19.0 Å². The Hall–Kier alpha value is -2.42. The van der Waals surface area contributed by atoms with Gasteiger partial charge in [-0.3, -0.25) is 0 Å². The average molecular weight is 419 g/mol. The molecule has 8 heteroatoms. The molecule has 1 fully saturated rings. The highest BCUT2D eigenvalue weighted by Gasteiger charge is 2.28. The standard InChI is InChI=1S/C21H25NO6S/c1-15(2)16-5-4-6-17(13-16)28-21(23)19-14-18(7-8-20(19)26-3)29(24,25)22-9-11-27-12-10-22/h4-8,13-15H,9-12H2,1-3H3. The van der Waals surface area contributed by atoms with Gasteiger partial charge in [-0.05, 0) is 41.8 Å². The summed E-state index contributed by atoms with van der Waals surface area (Å²) >= 11 is 0. The van der Waals surface area contributed by atoms with Crippen LogP contribution in [0.15, 0.2) is 47.4 Å². The first-order valence-electron chi connectivity index (χ1n) is 9.41. The van der Waals surface area contributed by atoms with Crippen molar-refractivity contribution in [2.24, 2.45) is 0 Å². The second-order valence-electron chi connectivity index (χ2n) is 7.00. The van der Waals surface area contributed by atoms with Gasteiger partial charge in [0.2, 0.25) is 10.0 Å². The molecule has 0 amide bonds. The van der Waals surface area contributed by atoms with E-state index in [1.54, 1.807) is 12.1 Å². The SMILES string of the molecule is COc1ccc(S(=O)(=O)N2CCOCC2)cc1C(=O)Oc1cccc(C(C)C)c1. The fraction of sp³-hybridized carbons (Fsp3) is 0.381. The lowest BCUT2D eigenvalue weighted by atomic mass is 10.0. The van der Waals surface area contributed by atoms with E-state index in [-0.39, 0.29) is 35.2 Å². The number of benzene rings is 2. The lowest BCUT2D eigenvalue weighted by molar-refractivity contribution is 0.0725. The predicted octanol–water partition coefficient (Wildman–Crippen LogP) is 3.06. The van der Waals surface area contributed by atoms with Crippen molar-refractivity contribution in [3.05, 3.63) is 53.6 Å². The van der Waals surface area contributed by atoms with E-state index in [1.807, 2.05) is 26.0 Å². The van der Waals surface area contributed by atoms with Crippen molar-refractivity contribution in [1.29, 1.82) is 0 Å². The summed E-state index contributed by atoms with van der Waals surface area (Å²) < 4.78 is 43.2. The maximum atomic E-state index is 12.9. The first kappa shape index (κ1) is 21.3. The van der Waals surface area contributed by atoms with Crippen molar-refractivity contribution in [3.8, 4) is 11.5 Å². The van der Waals surface area contributed by atoms with Crippen LogP contribution in [0.25, 0.3) is 0 Å². The van der Waals surface area contributed by atoms with Crippen molar-refractivity contribution in [3.63, 3.8) is 0 Å². The number of rotatable bonds is 6. The van der Waals surface area contributed by atoms with Crippen molar-refractivity contribution in [2.75, 3.05) is 33.4 Å². The largest absolute Gasteiger partial charge is 0.496 e. The van der Waals surface area contributed by atoms with Gasteiger partial charge in [-0.15, -0.1) is 0 Å². The van der Waals surface area contributed by atoms with Crippen LogP contribution in [0.1, 0.15) is 35.7 Å². The number of hydrogen-bond donors (Lipinski definition) is 0.